The molecule has 11 heteroatoms. The van der Waals surface area contributed by atoms with Gasteiger partial charge in [-0.2, -0.15) is 13.2 Å². The molecule has 32 heavy (non-hydrogen) atoms. The van der Waals surface area contributed by atoms with Crippen LogP contribution in [-0.2, 0) is 15.5 Å². The Hall–Kier alpha value is -2.66. The van der Waals surface area contributed by atoms with E-state index >= 15 is 0 Å². The van der Waals surface area contributed by atoms with Crippen molar-refractivity contribution in [1.29, 1.82) is 0 Å². The van der Waals surface area contributed by atoms with Crippen molar-refractivity contribution in [2.45, 2.75) is 52.0 Å². The predicted octanol–water partition coefficient (Wildman–Crippen LogP) is 5.24. The quantitative estimate of drug-likeness (QED) is 0.491. The average molecular weight is 456 g/mol. The molecule has 0 radical (unpaired) electrons. The fourth-order valence-electron chi connectivity index (χ4n) is 3.09. The number of rotatable bonds is 3. The Morgan fingerprint density at radius 1 is 0.906 bits per heavy atom. The third-order valence-corrected chi connectivity index (χ3v) is 5.65. The number of halogens is 5. The van der Waals surface area contributed by atoms with Gasteiger partial charge in [-0.1, -0.05) is 0 Å². The van der Waals surface area contributed by atoms with Gasteiger partial charge in [0.05, 0.1) is 28.1 Å². The van der Waals surface area contributed by atoms with Gasteiger partial charge in [-0.25, -0.2) is 13.6 Å². The molecule has 0 spiro atoms. The van der Waals surface area contributed by atoms with Crippen LogP contribution < -0.4 is 16.1 Å². The van der Waals surface area contributed by atoms with Crippen molar-refractivity contribution in [3.05, 3.63) is 53.1 Å². The van der Waals surface area contributed by atoms with Crippen LogP contribution in [0, 0.1) is 18.6 Å². The lowest BCUT2D eigenvalue weighted by Gasteiger charge is -2.32. The van der Waals surface area contributed by atoms with Gasteiger partial charge in [-0.3, -0.25) is 0 Å². The molecule has 0 unspecified atom stereocenters. The van der Waals surface area contributed by atoms with Crippen molar-refractivity contribution >= 4 is 30.0 Å². The van der Waals surface area contributed by atoms with Gasteiger partial charge < -0.3 is 19.9 Å². The monoisotopic (exact) mass is 456 g/mol. The van der Waals surface area contributed by atoms with E-state index in [1.807, 2.05) is 33.0 Å². The largest absolute Gasteiger partial charge is 0.495 e. The van der Waals surface area contributed by atoms with Gasteiger partial charge in [0.15, 0.2) is 0 Å². The first-order valence-electron chi connectivity index (χ1n) is 9.71. The second-order valence-electron chi connectivity index (χ2n) is 8.55. The Bertz CT molecular complexity index is 1040. The highest BCUT2D eigenvalue weighted by Crippen LogP contribution is 2.37. The summed E-state index contributed by atoms with van der Waals surface area (Å²) >= 11 is 0. The van der Waals surface area contributed by atoms with Crippen LogP contribution in [0.2, 0.25) is 0 Å². The van der Waals surface area contributed by atoms with E-state index in [1.54, 1.807) is 6.92 Å². The number of alkyl halides is 3. The second-order valence-corrected chi connectivity index (χ2v) is 8.55. The fourth-order valence-corrected chi connectivity index (χ4v) is 3.09. The number of carbonyl (C=O) groups excluding carboxylic acids is 1. The van der Waals surface area contributed by atoms with Crippen molar-refractivity contribution in [3.8, 4) is 0 Å². The van der Waals surface area contributed by atoms with E-state index in [2.05, 4.69) is 5.32 Å². The van der Waals surface area contributed by atoms with Gasteiger partial charge in [-0.15, -0.1) is 0 Å². The molecule has 0 saturated carbocycles. The molecule has 5 nitrogen and oxygen atoms in total. The zero-order valence-electron chi connectivity index (χ0n) is 18.1. The Balaban J connectivity index is 1.78. The molecule has 0 aliphatic carbocycles. The lowest BCUT2D eigenvalue weighted by atomic mass is 9.76. The third-order valence-electron chi connectivity index (χ3n) is 5.65. The highest BCUT2D eigenvalue weighted by Gasteiger charge is 2.52. The predicted molar refractivity (Wildman–Crippen MR) is 111 cm³/mol. The van der Waals surface area contributed by atoms with E-state index in [-0.39, 0.29) is 5.69 Å². The van der Waals surface area contributed by atoms with E-state index in [0.29, 0.717) is 29.2 Å². The Morgan fingerprint density at radius 3 is 1.97 bits per heavy atom. The minimum atomic E-state index is -4.72. The minimum Gasteiger partial charge on any atom is -0.399 e. The maximum Gasteiger partial charge on any atom is 0.495 e. The van der Waals surface area contributed by atoms with Crippen LogP contribution in [0.3, 0.4) is 0 Å². The van der Waals surface area contributed by atoms with E-state index < -0.39 is 53.4 Å². The zero-order valence-corrected chi connectivity index (χ0v) is 18.1. The van der Waals surface area contributed by atoms with Crippen molar-refractivity contribution in [1.82, 2.24) is 0 Å². The summed E-state index contributed by atoms with van der Waals surface area (Å²) in [7, 11) is -0.823. The Labute approximate surface area is 182 Å². The molecule has 0 bridgehead atoms. The molecule has 1 heterocycles. The average Bonchev–Trinajstić information content (AvgIpc) is 2.86. The van der Waals surface area contributed by atoms with Gasteiger partial charge in [0.2, 0.25) is 0 Å². The van der Waals surface area contributed by atoms with Crippen LogP contribution in [0.5, 0.6) is 0 Å². The van der Waals surface area contributed by atoms with Crippen LogP contribution in [0.1, 0.15) is 38.8 Å². The first-order valence-corrected chi connectivity index (χ1v) is 9.71. The molecule has 2 amide bonds. The van der Waals surface area contributed by atoms with Crippen molar-refractivity contribution in [3.63, 3.8) is 0 Å². The Kier molecular flexibility index (Phi) is 6.03. The van der Waals surface area contributed by atoms with Gasteiger partial charge in [0.25, 0.3) is 0 Å². The summed E-state index contributed by atoms with van der Waals surface area (Å²) in [6.07, 6.45) is -4.72. The molecule has 2 aromatic rings. The number of amides is 2. The van der Waals surface area contributed by atoms with Crippen molar-refractivity contribution in [2.75, 3.05) is 10.6 Å². The smallest absolute Gasteiger partial charge is 0.399 e. The van der Waals surface area contributed by atoms with Crippen LogP contribution in [-0.4, -0.2) is 24.4 Å². The molecule has 1 aliphatic heterocycles. The molecule has 0 aromatic heterocycles. The molecular weight excluding hydrogens is 434 g/mol. The normalized spacial score (nSPS) is 17.4. The van der Waals surface area contributed by atoms with Crippen molar-refractivity contribution in [2.24, 2.45) is 0 Å². The number of urea groups is 1. The lowest BCUT2D eigenvalue weighted by Crippen LogP contribution is -2.41. The zero-order chi connectivity index (χ0) is 24.1. The molecule has 1 saturated heterocycles. The van der Waals surface area contributed by atoms with Gasteiger partial charge in [0, 0.05) is 0 Å². The number of hydrogen-bond donors (Lipinski definition) is 2. The molecule has 3 rings (SSSR count). The standard InChI is InChI=1S/C21H22BF5N2O3/c1-11-8-16(15(24)10-13(11)22-31-19(2,3)20(4,5)32-22)28-18(30)29-17-9-12(21(25,26)27)6-7-14(17)23/h6-10H,1-5H3,(H2,28,29,30). The molecule has 2 N–H and O–H groups in total. The number of anilines is 2. The summed E-state index contributed by atoms with van der Waals surface area (Å²) in [5, 5.41) is 4.15. The van der Waals surface area contributed by atoms with Gasteiger partial charge in [0.1, 0.15) is 11.6 Å². The van der Waals surface area contributed by atoms with Crippen LogP contribution >= 0.6 is 0 Å². The van der Waals surface area contributed by atoms with E-state index in [4.69, 9.17) is 9.31 Å². The van der Waals surface area contributed by atoms with Gasteiger partial charge in [-0.05, 0) is 76.0 Å². The number of hydrogen-bond acceptors (Lipinski definition) is 3. The maximum atomic E-state index is 14.7. The summed E-state index contributed by atoms with van der Waals surface area (Å²) in [6.45, 7) is 9.07. The summed E-state index contributed by atoms with van der Waals surface area (Å²) in [5.74, 6) is -1.89. The fraction of sp³-hybridized carbons (Fsp3) is 0.381. The van der Waals surface area contributed by atoms with Gasteiger partial charge >= 0.3 is 19.3 Å². The van der Waals surface area contributed by atoms with E-state index in [0.717, 1.165) is 6.07 Å². The van der Waals surface area contributed by atoms with Crippen LogP contribution in [0.15, 0.2) is 30.3 Å². The molecule has 2 aromatic carbocycles. The number of aryl methyl sites for hydroxylation is 1. The summed E-state index contributed by atoms with van der Waals surface area (Å²) in [6, 6.07) is 2.97. The summed E-state index contributed by atoms with van der Waals surface area (Å²) in [4.78, 5) is 12.2. The topological polar surface area (TPSA) is 59.6 Å². The third kappa shape index (κ3) is 4.73. The lowest BCUT2D eigenvalue weighted by molar-refractivity contribution is -0.137. The van der Waals surface area contributed by atoms with E-state index in [1.165, 1.54) is 6.07 Å². The molecule has 172 valence electrons. The number of carbonyl (C=O) groups is 1. The number of nitrogens with one attached hydrogen (secondary N) is 2. The van der Waals surface area contributed by atoms with Crippen molar-refractivity contribution < 1.29 is 36.1 Å². The molecule has 1 fully saturated rings. The number of benzene rings is 2. The Morgan fingerprint density at radius 2 is 1.44 bits per heavy atom. The first kappa shape index (κ1) is 24.0. The maximum absolute atomic E-state index is 14.7. The molecule has 0 atom stereocenters. The highest BCUT2D eigenvalue weighted by molar-refractivity contribution is 6.62. The highest BCUT2D eigenvalue weighted by atomic mass is 19.4. The molecule has 1 aliphatic rings. The summed E-state index contributed by atoms with van der Waals surface area (Å²) < 4.78 is 78.8. The van der Waals surface area contributed by atoms with Crippen LogP contribution in [0.25, 0.3) is 0 Å². The summed E-state index contributed by atoms with van der Waals surface area (Å²) in [5.41, 5.74) is -2.36. The minimum absolute atomic E-state index is 0.243. The van der Waals surface area contributed by atoms with E-state index in [9.17, 15) is 26.7 Å². The SMILES string of the molecule is Cc1cc(NC(=O)Nc2cc(C(F)(F)F)ccc2F)c(F)cc1B1OC(C)(C)C(C)(C)O1. The second kappa shape index (κ2) is 8.04. The van der Waals surface area contributed by atoms with Crippen LogP contribution in [0.4, 0.5) is 38.1 Å². The molecular formula is C21H22BF5N2O3. The first-order chi connectivity index (χ1) is 14.6.